The van der Waals surface area contributed by atoms with Crippen LogP contribution in [0.25, 0.3) is 0 Å². The first-order chi connectivity index (χ1) is 13.4. The van der Waals surface area contributed by atoms with E-state index in [0.29, 0.717) is 5.75 Å². The Kier molecular flexibility index (Phi) is 5.79. The van der Waals surface area contributed by atoms with Crippen LogP contribution in [0.5, 0.6) is 11.5 Å². The molecule has 0 radical (unpaired) electrons. The van der Waals surface area contributed by atoms with Gasteiger partial charge in [-0.05, 0) is 32.0 Å². The summed E-state index contributed by atoms with van der Waals surface area (Å²) in [5, 5.41) is 2.76. The summed E-state index contributed by atoms with van der Waals surface area (Å²) in [5.74, 6) is 7.21. The number of carbonyl (C=O) groups excluding carboxylic acids is 1. The summed E-state index contributed by atoms with van der Waals surface area (Å²) in [4.78, 5) is 14.1. The van der Waals surface area contributed by atoms with Crippen LogP contribution in [0.2, 0.25) is 0 Å². The van der Waals surface area contributed by atoms with E-state index in [1.165, 1.54) is 0 Å². The second-order valence-electron chi connectivity index (χ2n) is 7.56. The predicted octanol–water partition coefficient (Wildman–Crippen LogP) is 3.01. The van der Waals surface area contributed by atoms with Crippen molar-refractivity contribution >= 4 is 11.6 Å². The fraction of sp³-hybridized carbons (Fsp3) is 0.348. The van der Waals surface area contributed by atoms with E-state index < -0.39 is 0 Å². The van der Waals surface area contributed by atoms with Gasteiger partial charge in [0.05, 0.1) is 12.2 Å². The highest BCUT2D eigenvalue weighted by Crippen LogP contribution is 2.41. The van der Waals surface area contributed by atoms with Crippen molar-refractivity contribution < 1.29 is 14.3 Å². The van der Waals surface area contributed by atoms with Crippen molar-refractivity contribution in [2.24, 2.45) is 0 Å². The maximum atomic E-state index is 12.1. The number of anilines is 1. The number of amides is 1. The van der Waals surface area contributed by atoms with E-state index in [9.17, 15) is 4.79 Å². The van der Waals surface area contributed by atoms with Crippen molar-refractivity contribution in [3.05, 3.63) is 53.6 Å². The molecule has 5 nitrogen and oxygen atoms in total. The zero-order chi connectivity index (χ0) is 20.1. The third kappa shape index (κ3) is 4.77. The summed E-state index contributed by atoms with van der Waals surface area (Å²) in [6, 6.07) is 13.7. The van der Waals surface area contributed by atoms with Crippen LogP contribution in [0.1, 0.15) is 25.0 Å². The number of carbonyl (C=O) groups is 1. The Labute approximate surface area is 166 Å². The summed E-state index contributed by atoms with van der Waals surface area (Å²) < 4.78 is 11.6. The number of benzene rings is 2. The summed E-state index contributed by atoms with van der Waals surface area (Å²) >= 11 is 0. The molecule has 0 unspecified atom stereocenters. The molecule has 1 N–H and O–H groups in total. The summed E-state index contributed by atoms with van der Waals surface area (Å²) in [5.41, 5.74) is 2.83. The Balaban J connectivity index is 1.52. The van der Waals surface area contributed by atoms with E-state index in [4.69, 9.17) is 9.47 Å². The smallest absolute Gasteiger partial charge is 0.258 e. The molecule has 1 heterocycles. The monoisotopic (exact) mass is 378 g/mol. The number of para-hydroxylation sites is 2. The van der Waals surface area contributed by atoms with E-state index >= 15 is 0 Å². The predicted molar refractivity (Wildman–Crippen MR) is 111 cm³/mol. The number of fused-ring (bicyclic) bond motifs is 1. The highest BCUT2D eigenvalue weighted by atomic mass is 16.5. The Bertz CT molecular complexity index is 923. The first-order valence-electron chi connectivity index (χ1n) is 9.31. The molecule has 2 aromatic rings. The Morgan fingerprint density at radius 1 is 1.21 bits per heavy atom. The van der Waals surface area contributed by atoms with Crippen LogP contribution in [0.15, 0.2) is 42.5 Å². The molecule has 0 aliphatic carbocycles. The highest BCUT2D eigenvalue weighted by Gasteiger charge is 2.32. The van der Waals surface area contributed by atoms with Crippen molar-refractivity contribution in [1.29, 1.82) is 0 Å². The van der Waals surface area contributed by atoms with Gasteiger partial charge in [0, 0.05) is 31.6 Å². The van der Waals surface area contributed by atoms with Crippen molar-refractivity contribution in [3.63, 3.8) is 0 Å². The summed E-state index contributed by atoms with van der Waals surface area (Å²) in [7, 11) is 3.95. The lowest BCUT2D eigenvalue weighted by molar-refractivity contribution is -0.122. The molecule has 146 valence electrons. The number of nitrogens with zero attached hydrogens (tertiary/aromatic N) is 1. The van der Waals surface area contributed by atoms with Crippen LogP contribution in [0, 0.1) is 11.8 Å². The Morgan fingerprint density at radius 3 is 2.79 bits per heavy atom. The maximum Gasteiger partial charge on any atom is 0.258 e. The van der Waals surface area contributed by atoms with Crippen molar-refractivity contribution in [2.75, 3.05) is 32.1 Å². The molecule has 0 fully saturated rings. The van der Waals surface area contributed by atoms with Gasteiger partial charge >= 0.3 is 0 Å². The minimum absolute atomic E-state index is 0.0732. The number of ether oxygens (including phenoxy) is 2. The van der Waals surface area contributed by atoms with Crippen LogP contribution in [-0.4, -0.2) is 38.8 Å². The summed E-state index contributed by atoms with van der Waals surface area (Å²) in [6.07, 6.45) is 0.829. The third-order valence-electron chi connectivity index (χ3n) is 4.40. The fourth-order valence-corrected chi connectivity index (χ4v) is 3.15. The Hall–Kier alpha value is -3.13. The highest BCUT2D eigenvalue weighted by molar-refractivity contribution is 5.78. The quantitative estimate of drug-likeness (QED) is 0.813. The van der Waals surface area contributed by atoms with Gasteiger partial charge in [0.15, 0.2) is 18.1 Å². The standard InChI is InChI=1S/C23H26N2O3/c1-23(2)15-18-10-7-13-20(22(18)28-23)27-16-21(26)24-14-8-11-17-9-5-6-12-19(17)25(3)4/h5-7,9-10,12-13H,14-16H2,1-4H3,(H,24,26). The number of nitrogens with one attached hydrogen (secondary N) is 1. The van der Waals surface area contributed by atoms with Gasteiger partial charge in [0.25, 0.3) is 5.91 Å². The van der Waals surface area contributed by atoms with Gasteiger partial charge in [-0.3, -0.25) is 4.79 Å². The van der Waals surface area contributed by atoms with E-state index in [0.717, 1.165) is 29.0 Å². The molecule has 0 bridgehead atoms. The van der Waals surface area contributed by atoms with Crippen molar-refractivity contribution in [3.8, 4) is 23.3 Å². The normalized spacial score (nSPS) is 13.6. The lowest BCUT2D eigenvalue weighted by Gasteiger charge is -2.18. The van der Waals surface area contributed by atoms with Gasteiger partial charge in [-0.2, -0.15) is 0 Å². The van der Waals surface area contributed by atoms with Gasteiger partial charge < -0.3 is 19.7 Å². The SMILES string of the molecule is CN(C)c1ccccc1C#CCNC(=O)COc1cccc2c1OC(C)(C)C2. The van der Waals surface area contributed by atoms with E-state index in [2.05, 4.69) is 17.2 Å². The second kappa shape index (κ2) is 8.26. The molecule has 3 rings (SSSR count). The average Bonchev–Trinajstić information content (AvgIpc) is 2.98. The van der Waals surface area contributed by atoms with Gasteiger partial charge in [-0.1, -0.05) is 36.1 Å². The largest absolute Gasteiger partial charge is 0.483 e. The van der Waals surface area contributed by atoms with Gasteiger partial charge in [-0.15, -0.1) is 0 Å². The molecular formula is C23H26N2O3. The first-order valence-corrected chi connectivity index (χ1v) is 9.31. The molecule has 2 aromatic carbocycles. The second-order valence-corrected chi connectivity index (χ2v) is 7.56. The Morgan fingerprint density at radius 2 is 2.00 bits per heavy atom. The number of hydrogen-bond donors (Lipinski definition) is 1. The molecule has 0 saturated heterocycles. The zero-order valence-electron chi connectivity index (χ0n) is 16.8. The third-order valence-corrected chi connectivity index (χ3v) is 4.40. The van der Waals surface area contributed by atoms with Gasteiger partial charge in [0.1, 0.15) is 5.60 Å². The molecule has 28 heavy (non-hydrogen) atoms. The van der Waals surface area contributed by atoms with Crippen LogP contribution in [-0.2, 0) is 11.2 Å². The van der Waals surface area contributed by atoms with Crippen LogP contribution in [0.3, 0.4) is 0 Å². The van der Waals surface area contributed by atoms with Gasteiger partial charge in [-0.25, -0.2) is 0 Å². The first kappa shape index (κ1) is 19.6. The van der Waals surface area contributed by atoms with Crippen LogP contribution in [0.4, 0.5) is 5.69 Å². The van der Waals surface area contributed by atoms with Crippen molar-refractivity contribution in [2.45, 2.75) is 25.9 Å². The lowest BCUT2D eigenvalue weighted by Crippen LogP contribution is -2.29. The van der Waals surface area contributed by atoms with E-state index in [1.54, 1.807) is 0 Å². The average molecular weight is 378 g/mol. The molecule has 0 atom stereocenters. The van der Waals surface area contributed by atoms with E-state index in [-0.39, 0.29) is 24.7 Å². The fourth-order valence-electron chi connectivity index (χ4n) is 3.15. The number of hydrogen-bond acceptors (Lipinski definition) is 4. The number of rotatable bonds is 5. The van der Waals surface area contributed by atoms with Crippen molar-refractivity contribution in [1.82, 2.24) is 5.32 Å². The minimum atomic E-state index is -0.248. The molecule has 1 aliphatic rings. The molecule has 0 aromatic heterocycles. The lowest BCUT2D eigenvalue weighted by atomic mass is 10.0. The van der Waals surface area contributed by atoms with E-state index in [1.807, 2.05) is 75.3 Å². The molecule has 1 aliphatic heterocycles. The van der Waals surface area contributed by atoms with Crippen LogP contribution >= 0.6 is 0 Å². The zero-order valence-corrected chi connectivity index (χ0v) is 16.8. The summed E-state index contributed by atoms with van der Waals surface area (Å²) in [6.45, 7) is 4.27. The molecule has 0 spiro atoms. The minimum Gasteiger partial charge on any atom is -0.483 e. The van der Waals surface area contributed by atoms with Gasteiger partial charge in [0.2, 0.25) is 0 Å². The maximum absolute atomic E-state index is 12.1. The topological polar surface area (TPSA) is 50.8 Å². The molecule has 0 saturated carbocycles. The van der Waals surface area contributed by atoms with Crippen LogP contribution < -0.4 is 19.7 Å². The molecular weight excluding hydrogens is 352 g/mol. The molecule has 5 heteroatoms. The molecule has 1 amide bonds.